The lowest BCUT2D eigenvalue weighted by atomic mass is 9.97. The van der Waals surface area contributed by atoms with Crippen molar-refractivity contribution in [3.05, 3.63) is 70.8 Å². The number of rotatable bonds is 27. The number of aromatic carboxylic acids is 2. The fourth-order valence-corrected chi connectivity index (χ4v) is 6.06. The Morgan fingerprint density at radius 1 is 0.500 bits per heavy atom. The van der Waals surface area contributed by atoms with E-state index in [9.17, 15) is 28.8 Å². The lowest BCUT2D eigenvalue weighted by Crippen LogP contribution is -2.50. The molecule has 0 radical (unpaired) electrons. The second-order valence-electron chi connectivity index (χ2n) is 14.3. The first-order valence-corrected chi connectivity index (χ1v) is 19.6. The average Bonchev–Trinajstić information content (AvgIpc) is 3.15. The van der Waals surface area contributed by atoms with Crippen LogP contribution in [-0.4, -0.2) is 71.0 Å². The van der Waals surface area contributed by atoms with Crippen molar-refractivity contribution in [1.29, 1.82) is 0 Å². The van der Waals surface area contributed by atoms with Gasteiger partial charge in [0.05, 0.1) is 24.0 Å². The van der Waals surface area contributed by atoms with Crippen LogP contribution in [0.5, 0.6) is 0 Å². The van der Waals surface area contributed by atoms with Gasteiger partial charge < -0.3 is 31.5 Å². The maximum absolute atomic E-state index is 12.9. The largest absolute Gasteiger partial charge is 0.478 e. The zero-order valence-corrected chi connectivity index (χ0v) is 32.6. The number of carbonyl (C=O) groups is 6. The van der Waals surface area contributed by atoms with Crippen molar-refractivity contribution >= 4 is 35.6 Å². The van der Waals surface area contributed by atoms with E-state index in [1.54, 1.807) is 24.3 Å². The van der Waals surface area contributed by atoms with Crippen LogP contribution in [-0.2, 0) is 32.0 Å². The van der Waals surface area contributed by atoms with Gasteiger partial charge in [-0.2, -0.15) is 0 Å². The standard InChI is InChI=1S/C42H62N4O8/c1-5-29(3)37(45-35(47)27-31-17-21-33(22-18-31)41(51)52)39(49)43-25-15-13-11-9-7-8-10-12-14-16-26-44-40(50)38(30(4)6-2)46-36(48)28-32-19-23-34(24-20-32)42(53)54/h17-24,29-30,37-38H,5-16,25-28H2,1-4H3,(H,43,49)(H,44,50)(H,45,47)(H,46,48)(H,51,52)(H,53,54)/t29?,30?,37-,38-/m0/s1. The minimum absolute atomic E-state index is 0.0329. The third-order valence-electron chi connectivity index (χ3n) is 9.96. The summed E-state index contributed by atoms with van der Waals surface area (Å²) in [7, 11) is 0. The molecule has 0 aliphatic heterocycles. The van der Waals surface area contributed by atoms with E-state index in [0.29, 0.717) is 24.2 Å². The summed E-state index contributed by atoms with van der Waals surface area (Å²) in [6, 6.07) is 11.0. The van der Waals surface area contributed by atoms with Crippen LogP contribution in [0.2, 0.25) is 0 Å². The number of benzene rings is 2. The zero-order chi connectivity index (χ0) is 39.9. The lowest BCUT2D eigenvalue weighted by Gasteiger charge is -2.23. The van der Waals surface area contributed by atoms with Gasteiger partial charge in [0.15, 0.2) is 0 Å². The molecule has 0 spiro atoms. The van der Waals surface area contributed by atoms with Gasteiger partial charge in [-0.05, 0) is 60.1 Å². The highest BCUT2D eigenvalue weighted by atomic mass is 16.4. The number of hydrogen-bond donors (Lipinski definition) is 6. The Balaban J connectivity index is 1.54. The predicted octanol–water partition coefficient (Wildman–Crippen LogP) is 6.06. The Labute approximate surface area is 320 Å². The Bertz CT molecular complexity index is 1370. The molecule has 4 atom stereocenters. The van der Waals surface area contributed by atoms with Crippen molar-refractivity contribution < 1.29 is 39.0 Å². The van der Waals surface area contributed by atoms with E-state index in [1.807, 2.05) is 27.7 Å². The first kappa shape index (κ1) is 45.4. The molecule has 2 unspecified atom stereocenters. The van der Waals surface area contributed by atoms with Crippen LogP contribution < -0.4 is 21.3 Å². The topological polar surface area (TPSA) is 191 Å². The van der Waals surface area contributed by atoms with Gasteiger partial charge in [0.1, 0.15) is 12.1 Å². The van der Waals surface area contributed by atoms with Crippen LogP contribution in [0.4, 0.5) is 0 Å². The Hall–Kier alpha value is -4.74. The molecule has 0 fully saturated rings. The van der Waals surface area contributed by atoms with Gasteiger partial charge in [-0.1, -0.05) is 116 Å². The van der Waals surface area contributed by atoms with Gasteiger partial charge in [-0.3, -0.25) is 19.2 Å². The van der Waals surface area contributed by atoms with E-state index >= 15 is 0 Å². The molecule has 2 aromatic rings. The molecule has 0 aromatic heterocycles. The third kappa shape index (κ3) is 17.4. The maximum atomic E-state index is 12.9. The van der Waals surface area contributed by atoms with Crippen molar-refractivity contribution in [2.45, 2.75) is 130 Å². The number of nitrogens with one attached hydrogen (secondary N) is 4. The second-order valence-corrected chi connectivity index (χ2v) is 14.3. The monoisotopic (exact) mass is 750 g/mol. The van der Waals surface area contributed by atoms with Crippen LogP contribution in [0.25, 0.3) is 0 Å². The Kier molecular flexibility index (Phi) is 21.3. The molecule has 12 heteroatoms. The summed E-state index contributed by atoms with van der Waals surface area (Å²) in [6.07, 6.45) is 12.2. The van der Waals surface area contributed by atoms with Crippen molar-refractivity contribution in [2.24, 2.45) is 11.8 Å². The normalized spacial score (nSPS) is 13.2. The third-order valence-corrected chi connectivity index (χ3v) is 9.96. The van der Waals surface area contributed by atoms with Crippen LogP contribution in [0, 0.1) is 11.8 Å². The molecule has 0 bridgehead atoms. The summed E-state index contributed by atoms with van der Waals surface area (Å²) in [5.74, 6) is -3.03. The fourth-order valence-electron chi connectivity index (χ4n) is 6.06. The van der Waals surface area contributed by atoms with E-state index < -0.39 is 24.0 Å². The summed E-state index contributed by atoms with van der Waals surface area (Å²) in [5, 5.41) is 29.8. The number of amides is 4. The highest BCUT2D eigenvalue weighted by Crippen LogP contribution is 2.14. The lowest BCUT2D eigenvalue weighted by molar-refractivity contribution is -0.130. The molecule has 4 amide bonds. The molecule has 12 nitrogen and oxygen atoms in total. The number of hydrogen-bond acceptors (Lipinski definition) is 6. The van der Waals surface area contributed by atoms with E-state index in [-0.39, 0.29) is 59.4 Å². The summed E-state index contributed by atoms with van der Waals surface area (Å²) >= 11 is 0. The van der Waals surface area contributed by atoms with Crippen LogP contribution in [0.15, 0.2) is 48.5 Å². The molecule has 0 heterocycles. The summed E-state index contributed by atoms with van der Waals surface area (Å²) < 4.78 is 0. The van der Waals surface area contributed by atoms with Gasteiger partial charge in [0.2, 0.25) is 23.6 Å². The molecule has 6 N–H and O–H groups in total. The summed E-state index contributed by atoms with van der Waals surface area (Å²) in [6.45, 7) is 8.96. The molecule has 2 aromatic carbocycles. The highest BCUT2D eigenvalue weighted by Gasteiger charge is 2.27. The van der Waals surface area contributed by atoms with Crippen molar-refractivity contribution in [2.75, 3.05) is 13.1 Å². The minimum Gasteiger partial charge on any atom is -0.478 e. The van der Waals surface area contributed by atoms with Crippen LogP contribution >= 0.6 is 0 Å². The summed E-state index contributed by atoms with van der Waals surface area (Å²) in [5.41, 5.74) is 1.68. The smallest absolute Gasteiger partial charge is 0.335 e. The number of carboxylic acid groups (broad SMARTS) is 2. The van der Waals surface area contributed by atoms with Crippen LogP contribution in [0.1, 0.15) is 137 Å². The second kappa shape index (κ2) is 25.3. The van der Waals surface area contributed by atoms with Gasteiger partial charge in [-0.15, -0.1) is 0 Å². The van der Waals surface area contributed by atoms with Crippen molar-refractivity contribution in [3.8, 4) is 0 Å². The molecule has 0 saturated carbocycles. The minimum atomic E-state index is -1.02. The number of carbonyl (C=O) groups excluding carboxylic acids is 4. The zero-order valence-electron chi connectivity index (χ0n) is 32.6. The van der Waals surface area contributed by atoms with Gasteiger partial charge in [0.25, 0.3) is 0 Å². The molecular formula is C42H62N4O8. The van der Waals surface area contributed by atoms with Crippen molar-refractivity contribution in [1.82, 2.24) is 21.3 Å². The quantitative estimate of drug-likeness (QED) is 0.0594. The van der Waals surface area contributed by atoms with E-state index in [4.69, 9.17) is 10.2 Å². The predicted molar refractivity (Wildman–Crippen MR) is 209 cm³/mol. The molecule has 2 rings (SSSR count). The molecule has 0 aliphatic carbocycles. The Morgan fingerprint density at radius 2 is 0.796 bits per heavy atom. The van der Waals surface area contributed by atoms with Crippen molar-refractivity contribution in [3.63, 3.8) is 0 Å². The van der Waals surface area contributed by atoms with Gasteiger partial charge >= 0.3 is 11.9 Å². The molecule has 54 heavy (non-hydrogen) atoms. The molecule has 0 saturated heterocycles. The van der Waals surface area contributed by atoms with E-state index in [1.165, 1.54) is 24.3 Å². The molecular weight excluding hydrogens is 688 g/mol. The fraction of sp³-hybridized carbons (Fsp3) is 0.571. The first-order valence-electron chi connectivity index (χ1n) is 19.6. The number of unbranched alkanes of at least 4 members (excludes halogenated alkanes) is 9. The highest BCUT2D eigenvalue weighted by molar-refractivity contribution is 5.90. The van der Waals surface area contributed by atoms with Crippen LogP contribution in [0.3, 0.4) is 0 Å². The average molecular weight is 751 g/mol. The SMILES string of the molecule is CCC(C)[C@H](NC(=O)Cc1ccc(C(=O)O)cc1)C(=O)NCCCCCCCCCCCCNC(=O)[C@@H](NC(=O)Cc1ccc(C(=O)O)cc1)C(C)CC. The number of carboxylic acids is 2. The summed E-state index contributed by atoms with van der Waals surface area (Å²) in [4.78, 5) is 73.3. The molecule has 0 aliphatic rings. The van der Waals surface area contributed by atoms with Gasteiger partial charge in [-0.25, -0.2) is 9.59 Å². The van der Waals surface area contributed by atoms with E-state index in [2.05, 4.69) is 21.3 Å². The maximum Gasteiger partial charge on any atom is 0.335 e. The van der Waals surface area contributed by atoms with E-state index in [0.717, 1.165) is 77.0 Å². The van der Waals surface area contributed by atoms with Gasteiger partial charge in [0, 0.05) is 13.1 Å². The first-order chi connectivity index (χ1) is 25.9. The molecule has 298 valence electrons. The Morgan fingerprint density at radius 3 is 1.07 bits per heavy atom.